The molecule has 1 N–H and O–H groups in total. The molecular weight excluding hydrogens is 178 g/mol. The van der Waals surface area contributed by atoms with Gasteiger partial charge >= 0.3 is 0 Å². The number of amides is 1. The lowest BCUT2D eigenvalue weighted by molar-refractivity contribution is -0.117. The number of rotatable bonds is 2. The molecule has 1 aromatic rings. The maximum atomic E-state index is 11.3. The second-order valence-corrected chi connectivity index (χ2v) is 3.06. The van der Waals surface area contributed by atoms with Crippen molar-refractivity contribution >= 4 is 11.7 Å². The van der Waals surface area contributed by atoms with Crippen LogP contribution in [-0.2, 0) is 4.79 Å². The minimum atomic E-state index is -0.655. The Hall–Kier alpha value is -1.89. The maximum absolute atomic E-state index is 11.3. The number of anilines is 1. The molecule has 0 aliphatic heterocycles. The van der Waals surface area contributed by atoms with E-state index in [9.17, 15) is 4.79 Å². The summed E-state index contributed by atoms with van der Waals surface area (Å²) >= 11 is 0. The Morgan fingerprint density at radius 1 is 1.71 bits per heavy atom. The predicted octanol–water partition coefficient (Wildman–Crippen LogP) is 1.49. The lowest BCUT2D eigenvalue weighted by Crippen LogP contribution is -2.19. The largest absolute Gasteiger partial charge is 0.310 e. The van der Waals surface area contributed by atoms with Gasteiger partial charge in [-0.15, -0.1) is 0 Å². The summed E-state index contributed by atoms with van der Waals surface area (Å²) in [6.07, 6.45) is 1.61. The van der Waals surface area contributed by atoms with E-state index in [1.165, 1.54) is 0 Å². The van der Waals surface area contributed by atoms with Crippen LogP contribution >= 0.6 is 0 Å². The fourth-order valence-corrected chi connectivity index (χ4v) is 0.898. The van der Waals surface area contributed by atoms with E-state index >= 15 is 0 Å². The zero-order chi connectivity index (χ0) is 10.6. The SMILES string of the molecule is Cc1ccnc(NC(=O)C(C)C#N)c1. The lowest BCUT2D eigenvalue weighted by Gasteiger charge is -2.05. The second-order valence-electron chi connectivity index (χ2n) is 3.06. The van der Waals surface area contributed by atoms with Gasteiger partial charge in [-0.05, 0) is 31.5 Å². The summed E-state index contributed by atoms with van der Waals surface area (Å²) in [5.74, 6) is -0.500. The number of nitriles is 1. The Bertz CT molecular complexity index is 381. The zero-order valence-corrected chi connectivity index (χ0v) is 8.11. The summed E-state index contributed by atoms with van der Waals surface area (Å²) < 4.78 is 0. The molecule has 1 rings (SSSR count). The molecule has 1 amide bonds. The minimum absolute atomic E-state index is 0.328. The summed E-state index contributed by atoms with van der Waals surface area (Å²) in [5, 5.41) is 11.1. The highest BCUT2D eigenvalue weighted by Crippen LogP contribution is 2.06. The van der Waals surface area contributed by atoms with Crippen LogP contribution in [0.3, 0.4) is 0 Å². The van der Waals surface area contributed by atoms with Crippen LogP contribution in [0.4, 0.5) is 5.82 Å². The average molecular weight is 189 g/mol. The highest BCUT2D eigenvalue weighted by Gasteiger charge is 2.11. The van der Waals surface area contributed by atoms with Crippen LogP contribution in [-0.4, -0.2) is 10.9 Å². The molecule has 1 aromatic heterocycles. The molecule has 0 aliphatic rings. The number of pyridine rings is 1. The van der Waals surface area contributed by atoms with Crippen LogP contribution in [0, 0.1) is 24.2 Å². The van der Waals surface area contributed by atoms with Crippen molar-refractivity contribution in [2.24, 2.45) is 5.92 Å². The van der Waals surface area contributed by atoms with Crippen LogP contribution < -0.4 is 5.32 Å². The van der Waals surface area contributed by atoms with Gasteiger partial charge in [-0.3, -0.25) is 4.79 Å². The van der Waals surface area contributed by atoms with Crippen LogP contribution in [0.1, 0.15) is 12.5 Å². The minimum Gasteiger partial charge on any atom is -0.310 e. The Morgan fingerprint density at radius 3 is 3.00 bits per heavy atom. The van der Waals surface area contributed by atoms with Crippen molar-refractivity contribution in [3.8, 4) is 6.07 Å². The standard InChI is InChI=1S/C10H11N3O/c1-7-3-4-12-9(5-7)13-10(14)8(2)6-11/h3-5,8H,1-2H3,(H,12,13,14). The van der Waals surface area contributed by atoms with Crippen LogP contribution in [0.15, 0.2) is 18.3 Å². The van der Waals surface area contributed by atoms with Gasteiger partial charge in [-0.1, -0.05) is 0 Å². The topological polar surface area (TPSA) is 65.8 Å². The number of nitrogens with one attached hydrogen (secondary N) is 1. The van der Waals surface area contributed by atoms with Gasteiger partial charge in [0, 0.05) is 6.20 Å². The number of aromatic nitrogens is 1. The molecule has 4 nitrogen and oxygen atoms in total. The summed E-state index contributed by atoms with van der Waals surface area (Å²) in [4.78, 5) is 15.2. The third-order valence-electron chi connectivity index (χ3n) is 1.75. The molecule has 0 saturated carbocycles. The quantitative estimate of drug-likeness (QED) is 0.766. The van der Waals surface area contributed by atoms with Gasteiger partial charge in [0.05, 0.1) is 6.07 Å². The highest BCUT2D eigenvalue weighted by atomic mass is 16.1. The Labute approximate surface area is 82.6 Å². The summed E-state index contributed by atoms with van der Waals surface area (Å²) in [7, 11) is 0. The number of hydrogen-bond acceptors (Lipinski definition) is 3. The summed E-state index contributed by atoms with van der Waals surface area (Å²) in [6, 6.07) is 5.45. The third-order valence-corrected chi connectivity index (χ3v) is 1.75. The van der Waals surface area contributed by atoms with E-state index in [1.54, 1.807) is 19.2 Å². The van der Waals surface area contributed by atoms with Crippen molar-refractivity contribution in [1.29, 1.82) is 5.26 Å². The van der Waals surface area contributed by atoms with Gasteiger partial charge in [0.25, 0.3) is 0 Å². The number of carbonyl (C=O) groups excluding carboxylic acids is 1. The van der Waals surface area contributed by atoms with Gasteiger partial charge in [-0.2, -0.15) is 5.26 Å². The molecule has 14 heavy (non-hydrogen) atoms. The first-order valence-electron chi connectivity index (χ1n) is 4.26. The van der Waals surface area contributed by atoms with E-state index in [4.69, 9.17) is 5.26 Å². The van der Waals surface area contributed by atoms with Gasteiger partial charge in [0.2, 0.25) is 5.91 Å². The van der Waals surface area contributed by atoms with Crippen LogP contribution in [0.5, 0.6) is 0 Å². The highest BCUT2D eigenvalue weighted by molar-refractivity contribution is 5.93. The molecule has 1 unspecified atom stereocenters. The van der Waals surface area contributed by atoms with E-state index in [1.807, 2.05) is 19.1 Å². The van der Waals surface area contributed by atoms with Crippen molar-refractivity contribution in [2.75, 3.05) is 5.32 Å². The van der Waals surface area contributed by atoms with Crippen molar-refractivity contribution in [3.63, 3.8) is 0 Å². The smallest absolute Gasteiger partial charge is 0.242 e. The maximum Gasteiger partial charge on any atom is 0.242 e. The molecule has 0 aliphatic carbocycles. The first kappa shape index (κ1) is 10.2. The average Bonchev–Trinajstić information content (AvgIpc) is 2.16. The lowest BCUT2D eigenvalue weighted by atomic mass is 10.2. The summed E-state index contributed by atoms with van der Waals surface area (Å²) in [5.41, 5.74) is 1.01. The predicted molar refractivity (Wildman–Crippen MR) is 52.4 cm³/mol. The van der Waals surface area contributed by atoms with E-state index in [0.29, 0.717) is 5.82 Å². The molecule has 0 spiro atoms. The number of hydrogen-bond donors (Lipinski definition) is 1. The van der Waals surface area contributed by atoms with Crippen molar-refractivity contribution in [2.45, 2.75) is 13.8 Å². The first-order valence-corrected chi connectivity index (χ1v) is 4.26. The van der Waals surface area contributed by atoms with Crippen molar-refractivity contribution < 1.29 is 4.79 Å². The molecule has 0 bridgehead atoms. The Kier molecular flexibility index (Phi) is 3.19. The van der Waals surface area contributed by atoms with Gasteiger partial charge in [-0.25, -0.2) is 4.98 Å². The molecule has 0 fully saturated rings. The fourth-order valence-electron chi connectivity index (χ4n) is 0.898. The fraction of sp³-hybridized carbons (Fsp3) is 0.300. The zero-order valence-electron chi connectivity index (χ0n) is 8.11. The van der Waals surface area contributed by atoms with Crippen molar-refractivity contribution in [3.05, 3.63) is 23.9 Å². The van der Waals surface area contributed by atoms with Crippen LogP contribution in [0.25, 0.3) is 0 Å². The van der Waals surface area contributed by atoms with E-state index < -0.39 is 5.92 Å². The molecule has 0 radical (unpaired) electrons. The van der Waals surface area contributed by atoms with Crippen LogP contribution in [0.2, 0.25) is 0 Å². The normalized spacial score (nSPS) is 11.5. The van der Waals surface area contributed by atoms with E-state index in [2.05, 4.69) is 10.3 Å². The molecule has 1 heterocycles. The van der Waals surface area contributed by atoms with Gasteiger partial charge < -0.3 is 5.32 Å². The number of carbonyl (C=O) groups is 1. The first-order chi connectivity index (χ1) is 6.63. The number of aryl methyl sites for hydroxylation is 1. The van der Waals surface area contributed by atoms with Gasteiger partial charge in [0.1, 0.15) is 11.7 Å². The van der Waals surface area contributed by atoms with E-state index in [-0.39, 0.29) is 5.91 Å². The molecule has 72 valence electrons. The molecule has 4 heteroatoms. The van der Waals surface area contributed by atoms with Gasteiger partial charge in [0.15, 0.2) is 0 Å². The Balaban J connectivity index is 2.71. The molecule has 0 saturated heterocycles. The monoisotopic (exact) mass is 189 g/mol. The molecule has 0 aromatic carbocycles. The molecular formula is C10H11N3O. The Morgan fingerprint density at radius 2 is 2.43 bits per heavy atom. The number of nitrogens with zero attached hydrogens (tertiary/aromatic N) is 2. The summed E-state index contributed by atoms with van der Waals surface area (Å²) in [6.45, 7) is 3.45. The van der Waals surface area contributed by atoms with E-state index in [0.717, 1.165) is 5.56 Å². The molecule has 1 atom stereocenters. The van der Waals surface area contributed by atoms with Crippen molar-refractivity contribution in [1.82, 2.24) is 4.98 Å². The third kappa shape index (κ3) is 2.56. The second kappa shape index (κ2) is 4.38.